The van der Waals surface area contributed by atoms with Crippen molar-refractivity contribution < 1.29 is 35.8 Å². The van der Waals surface area contributed by atoms with Gasteiger partial charge in [-0.2, -0.15) is 15.4 Å². The summed E-state index contributed by atoms with van der Waals surface area (Å²) in [5.74, 6) is 0. The maximum absolute atomic E-state index is 11.6. The van der Waals surface area contributed by atoms with Crippen molar-refractivity contribution in [1.29, 1.82) is 0 Å². The number of ether oxygens (including phenoxy) is 1. The molecule has 4 aliphatic rings. The first-order valence-electron chi connectivity index (χ1n) is 25.2. The number of rotatable bonds is 9. The van der Waals surface area contributed by atoms with Gasteiger partial charge in [0, 0.05) is 38.5 Å². The van der Waals surface area contributed by atoms with Gasteiger partial charge in [-0.05, 0) is 165 Å². The van der Waals surface area contributed by atoms with Gasteiger partial charge in [-0.3, -0.25) is 0 Å². The fourth-order valence-corrected chi connectivity index (χ4v) is 16.1. The van der Waals surface area contributed by atoms with Crippen LogP contribution in [0, 0.1) is 48.2 Å². The molecule has 0 aromatic heterocycles. The van der Waals surface area contributed by atoms with Crippen molar-refractivity contribution in [3.8, 4) is 0 Å². The molecule has 0 unspecified atom stereocenters. The summed E-state index contributed by atoms with van der Waals surface area (Å²) in [6.07, 6.45) is 26.6. The standard InChI is InChI=1S/C21H27N2.C18H33P.C10H12O.C8H6F2.CF2.2ClH.Ru/c1-14-9-16(3)20(17(4)10-14)22-7-8-23(13-22)21-18(5)11-15(2)12-19(21)6;1-4-10-16(11-5-1)19(17-12-6-2-7-13-17)18-14-8-3-9-15-18;1-2-11-9-8-10-6-4-3-5-7-10;9-8(10)6-7-4-2-1-3-5-7;2-1-3;;;/h9-13H,7-8H2,1-6H3;16-18H,1-15H2;3-9H,2H2,1H3;1-6H;;2*1H;/q-1;;;;;;;+2/p-1. The van der Waals surface area contributed by atoms with E-state index in [0.29, 0.717) is 5.56 Å². The van der Waals surface area contributed by atoms with Crippen molar-refractivity contribution in [2.75, 3.05) is 29.5 Å². The molecular formula is C58H79Cl2F4N2OPRu. The molecular weight excluding hydrogens is 1020 g/mol. The number of halogens is 6. The molecule has 4 fully saturated rings. The Morgan fingerprint density at radius 2 is 0.942 bits per heavy atom. The van der Waals surface area contributed by atoms with Gasteiger partial charge in [0.15, 0.2) is 0 Å². The second-order valence-electron chi connectivity index (χ2n) is 18.9. The second kappa shape index (κ2) is 32.1. The maximum atomic E-state index is 11.6. The molecule has 11 heteroatoms. The van der Waals surface area contributed by atoms with Gasteiger partial charge < -0.3 is 14.5 Å². The summed E-state index contributed by atoms with van der Waals surface area (Å²) in [7, 11) is 9.42. The predicted molar refractivity (Wildman–Crippen MR) is 292 cm³/mol. The summed E-state index contributed by atoms with van der Waals surface area (Å²) in [5, 5.41) is 0. The first-order chi connectivity index (χ1) is 33.2. The van der Waals surface area contributed by atoms with E-state index in [2.05, 4.69) is 82.3 Å². The van der Waals surface area contributed by atoms with Gasteiger partial charge in [0.2, 0.25) is 0 Å². The Kier molecular flexibility index (Phi) is 27.3. The molecule has 0 bridgehead atoms. The molecule has 1 heterocycles. The molecule has 3 aliphatic carbocycles. The zero-order chi connectivity index (χ0) is 50.1. The summed E-state index contributed by atoms with van der Waals surface area (Å²) in [5.41, 5.74) is 16.2. The molecule has 69 heavy (non-hydrogen) atoms. The molecule has 1 saturated heterocycles. The minimum absolute atomic E-state index is 0.0465. The fraction of sp³-hybridized carbons (Fsp3) is 0.483. The van der Waals surface area contributed by atoms with E-state index in [9.17, 15) is 17.6 Å². The third-order valence-corrected chi connectivity index (χ3v) is 19.7. The van der Waals surface area contributed by atoms with Crippen LogP contribution < -0.4 is 9.80 Å². The van der Waals surface area contributed by atoms with E-state index in [0.717, 1.165) is 25.8 Å². The van der Waals surface area contributed by atoms with Crippen LogP contribution in [-0.4, -0.2) is 41.3 Å². The predicted octanol–water partition coefficient (Wildman–Crippen LogP) is 18.7. The van der Waals surface area contributed by atoms with Gasteiger partial charge in [0.05, 0.1) is 29.8 Å². The van der Waals surface area contributed by atoms with Crippen LogP contribution in [-0.2, 0) is 18.3 Å². The van der Waals surface area contributed by atoms with Gasteiger partial charge in [-0.15, -0.1) is 0 Å². The van der Waals surface area contributed by atoms with E-state index in [1.807, 2.05) is 43.3 Å². The topological polar surface area (TPSA) is 15.7 Å². The molecule has 3 nitrogen and oxygen atoms in total. The first kappa shape index (κ1) is 58.6. The van der Waals surface area contributed by atoms with Crippen LogP contribution in [0.5, 0.6) is 0 Å². The molecule has 4 aromatic carbocycles. The number of hydrogen-bond donors (Lipinski definition) is 0. The average Bonchev–Trinajstić information content (AvgIpc) is 3.79. The van der Waals surface area contributed by atoms with Gasteiger partial charge in [0.1, 0.15) is 0 Å². The zero-order valence-electron chi connectivity index (χ0n) is 42.3. The normalized spacial score (nSPS) is 16.8. The van der Waals surface area contributed by atoms with Crippen molar-refractivity contribution in [2.24, 2.45) is 0 Å². The minimum atomic E-state index is -2.75. The number of anilines is 2. The number of aryl methyl sites for hydroxylation is 6. The monoisotopic (exact) mass is 1100 g/mol. The molecule has 0 radical (unpaired) electrons. The Morgan fingerprint density at radius 3 is 1.26 bits per heavy atom. The van der Waals surface area contributed by atoms with E-state index < -0.39 is 24.2 Å². The van der Waals surface area contributed by atoms with Crippen molar-refractivity contribution in [1.82, 2.24) is 0 Å². The van der Waals surface area contributed by atoms with Crippen molar-refractivity contribution in [3.63, 3.8) is 0 Å². The summed E-state index contributed by atoms with van der Waals surface area (Å²) in [6, 6.07) is 27.7. The molecule has 1 aliphatic heterocycles. The molecule has 0 N–H and O–H groups in total. The third-order valence-electron chi connectivity index (χ3n) is 13.4. The Hall–Kier alpha value is -3.02. The van der Waals surface area contributed by atoms with Crippen LogP contribution in [0.2, 0.25) is 0 Å². The summed E-state index contributed by atoms with van der Waals surface area (Å²) < 4.78 is 48.2. The summed E-state index contributed by atoms with van der Waals surface area (Å²) in [4.78, 5) is 4.81. The fourth-order valence-electron chi connectivity index (χ4n) is 10.9. The molecule has 0 atom stereocenters. The quantitative estimate of drug-likeness (QED) is 0.0546. The van der Waals surface area contributed by atoms with Crippen LogP contribution in [0.3, 0.4) is 0 Å². The molecule has 4 aromatic rings. The second-order valence-corrected chi connectivity index (χ2v) is 27.9. The van der Waals surface area contributed by atoms with E-state index in [-0.39, 0.29) is 7.92 Å². The van der Waals surface area contributed by atoms with Gasteiger partial charge in [-0.1, -0.05) is 115 Å². The van der Waals surface area contributed by atoms with Crippen molar-refractivity contribution in [2.45, 2.75) is 162 Å². The SMILES string of the molecule is C1CCC([PH+](C2CCCCC2)C2CCCCC2)CC1.CCOC=Cc1ccccc1.Cc1cc(C)c(N2[CH-]N(c3c(C)cc(C)cc3C)CC2)c(C)c1.FC(F)=Cc1ccccc1.F[C](F)=[Ru]([Cl])[Cl]. The Morgan fingerprint density at radius 1 is 0.594 bits per heavy atom. The molecule has 8 rings (SSSR count). The Balaban J connectivity index is 0.000000202. The van der Waals surface area contributed by atoms with E-state index in [1.54, 1.807) is 133 Å². The molecule has 3 saturated carbocycles. The van der Waals surface area contributed by atoms with Crippen molar-refractivity contribution in [3.05, 3.63) is 148 Å². The van der Waals surface area contributed by atoms with Crippen LogP contribution in [0.25, 0.3) is 12.2 Å². The molecule has 382 valence electrons. The molecule has 0 spiro atoms. The zero-order valence-corrected chi connectivity index (χ0v) is 46.5. The van der Waals surface area contributed by atoms with Crippen LogP contribution >= 0.6 is 27.3 Å². The number of hydrogen-bond acceptors (Lipinski definition) is 3. The average molecular weight is 1100 g/mol. The Bertz CT molecular complexity index is 2020. The first-order valence-corrected chi connectivity index (χ1v) is 32.3. The summed E-state index contributed by atoms with van der Waals surface area (Å²) in [6.45, 7) is 20.3. The van der Waals surface area contributed by atoms with Gasteiger partial charge in [0.25, 0.3) is 6.08 Å². The molecule has 0 amide bonds. The van der Waals surface area contributed by atoms with E-state index in [4.69, 9.17) is 24.1 Å². The van der Waals surface area contributed by atoms with Crippen molar-refractivity contribution >= 4 is 55.4 Å². The Labute approximate surface area is 428 Å². The van der Waals surface area contributed by atoms with Crippen LogP contribution in [0.15, 0.2) is 97.3 Å². The van der Waals surface area contributed by atoms with Crippen LogP contribution in [0.4, 0.5) is 28.9 Å². The van der Waals surface area contributed by atoms with Gasteiger partial charge in [-0.25, -0.2) is 0 Å². The van der Waals surface area contributed by atoms with Gasteiger partial charge >= 0.3 is 46.3 Å². The third kappa shape index (κ3) is 20.9. The van der Waals surface area contributed by atoms with E-state index in [1.165, 1.54) is 67.3 Å². The van der Waals surface area contributed by atoms with E-state index >= 15 is 0 Å². The summed E-state index contributed by atoms with van der Waals surface area (Å²) >= 11 is -2.75. The number of nitrogens with zero attached hydrogens (tertiary/aromatic N) is 2. The number of benzene rings is 4. The van der Waals surface area contributed by atoms with Crippen LogP contribution in [0.1, 0.15) is 148 Å².